The zero-order valence-electron chi connectivity index (χ0n) is 15.3. The van der Waals surface area contributed by atoms with E-state index in [-0.39, 0.29) is 29.9 Å². The summed E-state index contributed by atoms with van der Waals surface area (Å²) in [7, 11) is 0. The molecule has 3 unspecified atom stereocenters. The molecule has 142 valence electrons. The van der Waals surface area contributed by atoms with Crippen LogP contribution in [0.15, 0.2) is 6.33 Å². The van der Waals surface area contributed by atoms with E-state index in [0.29, 0.717) is 19.6 Å². The fourth-order valence-electron chi connectivity index (χ4n) is 4.52. The zero-order valence-corrected chi connectivity index (χ0v) is 15.3. The molecule has 4 heterocycles. The summed E-state index contributed by atoms with van der Waals surface area (Å²) >= 11 is 0. The molecule has 3 atom stereocenters. The van der Waals surface area contributed by atoms with Crippen LogP contribution >= 0.6 is 0 Å². The molecule has 1 aromatic rings. The van der Waals surface area contributed by atoms with E-state index in [4.69, 9.17) is 0 Å². The van der Waals surface area contributed by atoms with Crippen molar-refractivity contribution in [3.05, 3.63) is 6.33 Å². The van der Waals surface area contributed by atoms with Crippen molar-refractivity contribution in [3.8, 4) is 0 Å². The second-order valence-electron chi connectivity index (χ2n) is 7.85. The van der Waals surface area contributed by atoms with Crippen molar-refractivity contribution in [2.75, 3.05) is 26.2 Å². The Morgan fingerprint density at radius 2 is 2.19 bits per heavy atom. The third-order valence-electron chi connectivity index (χ3n) is 5.98. The largest absolute Gasteiger partial charge is 0.341 e. The number of rotatable bonds is 3. The topological polar surface area (TPSA) is 108 Å². The molecule has 3 saturated heterocycles. The molecule has 0 aromatic carbocycles. The van der Waals surface area contributed by atoms with E-state index in [1.807, 2.05) is 9.80 Å². The van der Waals surface area contributed by atoms with Crippen LogP contribution in [0.2, 0.25) is 0 Å². The first kappa shape index (κ1) is 17.3. The van der Waals surface area contributed by atoms with Crippen LogP contribution < -0.4 is 10.9 Å². The highest BCUT2D eigenvalue weighted by molar-refractivity contribution is 5.87. The van der Waals surface area contributed by atoms with Gasteiger partial charge in [-0.2, -0.15) is 0 Å². The van der Waals surface area contributed by atoms with Crippen molar-refractivity contribution in [1.82, 2.24) is 40.9 Å². The van der Waals surface area contributed by atoms with Crippen LogP contribution in [0.4, 0.5) is 0 Å². The van der Waals surface area contributed by atoms with Crippen LogP contribution in [0.5, 0.6) is 0 Å². The molecule has 26 heavy (non-hydrogen) atoms. The number of aromatic nitrogens is 4. The zero-order chi connectivity index (χ0) is 18.3. The van der Waals surface area contributed by atoms with E-state index in [2.05, 4.69) is 40.2 Å². The lowest BCUT2D eigenvalue weighted by Gasteiger charge is -2.41. The molecule has 1 aromatic heterocycles. The lowest BCUT2D eigenvalue weighted by molar-refractivity contribution is -0.148. The van der Waals surface area contributed by atoms with E-state index < -0.39 is 5.41 Å². The average Bonchev–Trinajstić information content (AvgIpc) is 3.37. The molecule has 10 nitrogen and oxygen atoms in total. The maximum absolute atomic E-state index is 13.1. The molecule has 2 N–H and O–H groups in total. The van der Waals surface area contributed by atoms with Crippen molar-refractivity contribution in [2.24, 2.45) is 11.3 Å². The highest BCUT2D eigenvalue weighted by Crippen LogP contribution is 2.41. The highest BCUT2D eigenvalue weighted by Gasteiger charge is 2.51. The lowest BCUT2D eigenvalue weighted by Crippen LogP contribution is -2.53. The first-order valence-corrected chi connectivity index (χ1v) is 9.32. The summed E-state index contributed by atoms with van der Waals surface area (Å²) in [6, 6.07) is 0.205. The Morgan fingerprint density at radius 1 is 1.35 bits per heavy atom. The number of hydrazine groups is 1. The summed E-state index contributed by atoms with van der Waals surface area (Å²) in [5, 5.41) is 11.2. The third-order valence-corrected chi connectivity index (χ3v) is 5.98. The third kappa shape index (κ3) is 2.77. The minimum Gasteiger partial charge on any atom is -0.341 e. The monoisotopic (exact) mass is 362 g/mol. The van der Waals surface area contributed by atoms with Gasteiger partial charge in [0.05, 0.1) is 11.3 Å². The number of nitrogens with one attached hydrogen (secondary N) is 2. The fraction of sp³-hybridized carbons (Fsp3) is 0.812. The predicted molar refractivity (Wildman–Crippen MR) is 91.2 cm³/mol. The first-order valence-electron chi connectivity index (χ1n) is 9.32. The van der Waals surface area contributed by atoms with Crippen LogP contribution in [0, 0.1) is 11.3 Å². The van der Waals surface area contributed by atoms with Crippen LogP contribution in [0.3, 0.4) is 0 Å². The summed E-state index contributed by atoms with van der Waals surface area (Å²) in [6.45, 7) is 6.60. The maximum Gasteiger partial charge on any atom is 0.230 e. The Hall–Kier alpha value is -2.07. The summed E-state index contributed by atoms with van der Waals surface area (Å²) in [4.78, 5) is 30.0. The van der Waals surface area contributed by atoms with Crippen molar-refractivity contribution >= 4 is 11.8 Å². The van der Waals surface area contributed by atoms with Gasteiger partial charge in [0.1, 0.15) is 12.5 Å². The second-order valence-corrected chi connectivity index (χ2v) is 7.85. The molecule has 10 heteroatoms. The van der Waals surface area contributed by atoms with Gasteiger partial charge in [0, 0.05) is 32.2 Å². The smallest absolute Gasteiger partial charge is 0.230 e. The molecule has 0 radical (unpaired) electrons. The number of piperidine rings is 1. The number of likely N-dealkylation sites (tertiary alicyclic amines) is 2. The fourth-order valence-corrected chi connectivity index (χ4v) is 4.52. The number of tetrazole rings is 1. The number of amides is 2. The summed E-state index contributed by atoms with van der Waals surface area (Å²) < 4.78 is 1.56. The summed E-state index contributed by atoms with van der Waals surface area (Å²) in [5.74, 6) is -0.0309. The predicted octanol–water partition coefficient (Wildman–Crippen LogP) is -0.855. The van der Waals surface area contributed by atoms with Gasteiger partial charge in [0.25, 0.3) is 0 Å². The van der Waals surface area contributed by atoms with E-state index in [1.54, 1.807) is 4.68 Å². The van der Waals surface area contributed by atoms with Gasteiger partial charge < -0.3 is 9.80 Å². The van der Waals surface area contributed by atoms with Gasteiger partial charge in [-0.1, -0.05) is 0 Å². The minimum absolute atomic E-state index is 0.0503. The van der Waals surface area contributed by atoms with Gasteiger partial charge in [0.2, 0.25) is 11.8 Å². The molecule has 2 amide bonds. The van der Waals surface area contributed by atoms with Crippen LogP contribution in [0.1, 0.15) is 39.3 Å². The van der Waals surface area contributed by atoms with Crippen molar-refractivity contribution in [2.45, 2.75) is 45.3 Å². The Labute approximate surface area is 152 Å². The van der Waals surface area contributed by atoms with Crippen LogP contribution in [-0.4, -0.2) is 74.0 Å². The lowest BCUT2D eigenvalue weighted by atomic mass is 9.78. The van der Waals surface area contributed by atoms with Crippen molar-refractivity contribution < 1.29 is 9.59 Å². The number of nitrogens with zero attached hydrogens (tertiary/aromatic N) is 6. The maximum atomic E-state index is 13.1. The second kappa shape index (κ2) is 6.58. The molecular formula is C16H26N8O2. The quantitative estimate of drug-likeness (QED) is 0.721. The average molecular weight is 362 g/mol. The summed E-state index contributed by atoms with van der Waals surface area (Å²) in [5.41, 5.74) is 5.69. The number of hydrogen-bond donors (Lipinski definition) is 2. The number of carbonyl (C=O) groups is 2. The molecule has 0 bridgehead atoms. The molecule has 3 aliphatic rings. The molecular weight excluding hydrogens is 336 g/mol. The Kier molecular flexibility index (Phi) is 4.39. The van der Waals surface area contributed by atoms with E-state index in [0.717, 1.165) is 25.8 Å². The Balaban J connectivity index is 1.48. The number of carbonyl (C=O) groups excluding carboxylic acids is 2. The van der Waals surface area contributed by atoms with Gasteiger partial charge in [-0.25, -0.2) is 10.1 Å². The molecule has 4 rings (SSSR count). The molecule has 0 saturated carbocycles. The van der Waals surface area contributed by atoms with Gasteiger partial charge in [0.15, 0.2) is 0 Å². The van der Waals surface area contributed by atoms with Gasteiger partial charge in [-0.15, -0.1) is 5.10 Å². The van der Waals surface area contributed by atoms with E-state index in [9.17, 15) is 9.59 Å². The SMILES string of the molecule is CC(C)N1CCCC2(CCN(C(=O)C3CNNC3n3cnnn3)C2)C1=O. The Morgan fingerprint density at radius 3 is 2.92 bits per heavy atom. The number of hydrogen-bond acceptors (Lipinski definition) is 7. The van der Waals surface area contributed by atoms with Crippen LogP contribution in [-0.2, 0) is 9.59 Å². The van der Waals surface area contributed by atoms with Gasteiger partial charge in [-0.05, 0) is 43.5 Å². The van der Waals surface area contributed by atoms with Crippen molar-refractivity contribution in [1.29, 1.82) is 0 Å². The summed E-state index contributed by atoms with van der Waals surface area (Å²) in [6.07, 6.45) is 3.82. The van der Waals surface area contributed by atoms with Crippen LogP contribution in [0.25, 0.3) is 0 Å². The van der Waals surface area contributed by atoms with Gasteiger partial charge >= 0.3 is 0 Å². The van der Waals surface area contributed by atoms with E-state index in [1.165, 1.54) is 6.33 Å². The van der Waals surface area contributed by atoms with Crippen molar-refractivity contribution in [3.63, 3.8) is 0 Å². The van der Waals surface area contributed by atoms with Gasteiger partial charge in [-0.3, -0.25) is 15.0 Å². The standard InChI is InChI=1S/C16H26N8O2/c1-11(2)23-6-3-4-16(15(23)26)5-7-22(9-16)14(25)12-8-17-19-13(12)24-10-18-20-21-24/h10-13,17,19H,3-9H2,1-2H3. The Bertz CT molecular complexity index is 678. The molecule has 3 aliphatic heterocycles. The highest BCUT2D eigenvalue weighted by atomic mass is 16.2. The van der Waals surface area contributed by atoms with E-state index >= 15 is 0 Å². The normalized spacial score (nSPS) is 32.2. The molecule has 3 fully saturated rings. The minimum atomic E-state index is -0.401. The first-order chi connectivity index (χ1) is 12.5. The molecule has 1 spiro atoms. The molecule has 0 aliphatic carbocycles.